The van der Waals surface area contributed by atoms with Crippen molar-refractivity contribution >= 4 is 34.6 Å². The highest BCUT2D eigenvalue weighted by Gasteiger charge is 2.16. The van der Waals surface area contributed by atoms with Gasteiger partial charge in [-0.2, -0.15) is 0 Å². The lowest BCUT2D eigenvalue weighted by molar-refractivity contribution is 0.122. The summed E-state index contributed by atoms with van der Waals surface area (Å²) in [5.41, 5.74) is 5.24. The van der Waals surface area contributed by atoms with E-state index in [9.17, 15) is 0 Å². The summed E-state index contributed by atoms with van der Waals surface area (Å²) in [6.07, 6.45) is 0. The van der Waals surface area contributed by atoms with Gasteiger partial charge < -0.3 is 24.4 Å². The predicted molar refractivity (Wildman–Crippen MR) is 140 cm³/mol. The van der Waals surface area contributed by atoms with Gasteiger partial charge in [-0.15, -0.1) is 0 Å². The lowest BCUT2D eigenvalue weighted by Crippen LogP contribution is -2.36. The Kier molecular flexibility index (Phi) is 8.44. The molecule has 1 fully saturated rings. The first kappa shape index (κ1) is 24.5. The van der Waals surface area contributed by atoms with Gasteiger partial charge in [-0.3, -0.25) is 0 Å². The number of ether oxygens (including phenoxy) is 3. The van der Waals surface area contributed by atoms with Gasteiger partial charge in [0.2, 0.25) is 0 Å². The van der Waals surface area contributed by atoms with Crippen molar-refractivity contribution in [2.45, 2.75) is 27.0 Å². The van der Waals surface area contributed by atoms with E-state index in [4.69, 9.17) is 37.4 Å². The molecule has 0 atom stereocenters. The Labute approximate surface area is 211 Å². The second-order valence-corrected chi connectivity index (χ2v) is 9.05. The summed E-state index contributed by atoms with van der Waals surface area (Å²) in [5.74, 6) is 1.20. The van der Waals surface area contributed by atoms with Crippen LogP contribution in [0.5, 0.6) is 11.5 Å². The number of hydrogen-bond donors (Lipinski definition) is 1. The van der Waals surface area contributed by atoms with E-state index in [1.165, 1.54) is 5.56 Å². The van der Waals surface area contributed by atoms with Crippen LogP contribution in [0, 0.1) is 6.92 Å². The monoisotopic (exact) mass is 500 g/mol. The topological polar surface area (TPSA) is 43.0 Å². The molecule has 3 aromatic carbocycles. The number of aryl methyl sites for hydroxylation is 1. The van der Waals surface area contributed by atoms with Crippen molar-refractivity contribution in [3.63, 3.8) is 0 Å². The van der Waals surface area contributed by atoms with Crippen molar-refractivity contribution in [3.8, 4) is 11.5 Å². The average molecular weight is 501 g/mol. The number of anilines is 2. The molecule has 0 bridgehead atoms. The van der Waals surface area contributed by atoms with Crippen LogP contribution < -0.4 is 19.7 Å². The summed E-state index contributed by atoms with van der Waals surface area (Å²) in [5, 5.41) is 4.68. The molecule has 1 saturated heterocycles. The third-order valence-corrected chi connectivity index (χ3v) is 6.21. The van der Waals surface area contributed by atoms with Crippen LogP contribution in [0.1, 0.15) is 23.6 Å². The zero-order valence-corrected chi connectivity index (χ0v) is 21.1. The SMILES string of the molecule is CCOc1cc(CNc2ccc(N3CCOCC3)c(Cl)c2)cc(Cl)c1OCc1cccc(C)c1. The minimum absolute atomic E-state index is 0.424. The molecule has 0 aromatic heterocycles. The van der Waals surface area contributed by atoms with Crippen LogP contribution in [0.25, 0.3) is 0 Å². The first-order valence-corrected chi connectivity index (χ1v) is 12.3. The molecule has 4 rings (SSSR count). The maximum atomic E-state index is 6.61. The fourth-order valence-corrected chi connectivity index (χ4v) is 4.55. The Morgan fingerprint density at radius 3 is 2.50 bits per heavy atom. The maximum absolute atomic E-state index is 6.61. The quantitative estimate of drug-likeness (QED) is 0.352. The van der Waals surface area contributed by atoms with Gasteiger partial charge in [0.1, 0.15) is 6.61 Å². The summed E-state index contributed by atoms with van der Waals surface area (Å²) in [6.45, 7) is 8.68. The van der Waals surface area contributed by atoms with Crippen molar-refractivity contribution in [1.29, 1.82) is 0 Å². The second-order valence-electron chi connectivity index (χ2n) is 8.23. The highest BCUT2D eigenvalue weighted by molar-refractivity contribution is 6.33. The van der Waals surface area contributed by atoms with Gasteiger partial charge in [-0.1, -0.05) is 53.0 Å². The smallest absolute Gasteiger partial charge is 0.180 e. The van der Waals surface area contributed by atoms with E-state index in [2.05, 4.69) is 35.3 Å². The summed E-state index contributed by atoms with van der Waals surface area (Å²) >= 11 is 13.2. The first-order valence-electron chi connectivity index (χ1n) is 11.5. The fourth-order valence-electron chi connectivity index (χ4n) is 3.97. The van der Waals surface area contributed by atoms with Crippen LogP contribution in [0.4, 0.5) is 11.4 Å². The molecule has 1 N–H and O–H groups in total. The van der Waals surface area contributed by atoms with Crippen molar-refractivity contribution in [2.75, 3.05) is 43.1 Å². The Morgan fingerprint density at radius 2 is 1.76 bits per heavy atom. The number of rotatable bonds is 9. The van der Waals surface area contributed by atoms with Crippen molar-refractivity contribution in [2.24, 2.45) is 0 Å². The molecule has 180 valence electrons. The summed E-state index contributed by atoms with van der Waals surface area (Å²) in [7, 11) is 0. The maximum Gasteiger partial charge on any atom is 0.180 e. The van der Waals surface area contributed by atoms with Crippen LogP contribution in [-0.2, 0) is 17.9 Å². The molecular weight excluding hydrogens is 471 g/mol. The molecule has 7 heteroatoms. The average Bonchev–Trinajstić information content (AvgIpc) is 2.83. The van der Waals surface area contributed by atoms with Gasteiger partial charge in [0.25, 0.3) is 0 Å². The lowest BCUT2D eigenvalue weighted by atomic mass is 10.1. The van der Waals surface area contributed by atoms with Gasteiger partial charge in [0, 0.05) is 25.3 Å². The number of nitrogens with zero attached hydrogens (tertiary/aromatic N) is 1. The van der Waals surface area contributed by atoms with Gasteiger partial charge >= 0.3 is 0 Å². The normalized spacial score (nSPS) is 13.6. The van der Waals surface area contributed by atoms with Gasteiger partial charge in [0.05, 0.1) is 35.6 Å². The van der Waals surface area contributed by atoms with E-state index in [0.717, 1.165) is 53.8 Å². The molecule has 3 aromatic rings. The number of halogens is 2. The summed E-state index contributed by atoms with van der Waals surface area (Å²) < 4.78 is 17.3. The van der Waals surface area contributed by atoms with Crippen molar-refractivity contribution in [3.05, 3.63) is 81.3 Å². The van der Waals surface area contributed by atoms with E-state index < -0.39 is 0 Å². The van der Waals surface area contributed by atoms with E-state index >= 15 is 0 Å². The minimum Gasteiger partial charge on any atom is -0.490 e. The third kappa shape index (κ3) is 6.29. The molecule has 0 saturated carbocycles. The van der Waals surface area contributed by atoms with Crippen LogP contribution in [0.2, 0.25) is 10.0 Å². The number of benzene rings is 3. The minimum atomic E-state index is 0.424. The predicted octanol–water partition coefficient (Wildman–Crippen LogP) is 6.73. The molecule has 34 heavy (non-hydrogen) atoms. The zero-order valence-electron chi connectivity index (χ0n) is 19.6. The Hall–Kier alpha value is -2.60. The largest absolute Gasteiger partial charge is 0.490 e. The molecule has 1 aliphatic heterocycles. The van der Waals surface area contributed by atoms with Gasteiger partial charge in [-0.25, -0.2) is 0 Å². The lowest BCUT2D eigenvalue weighted by Gasteiger charge is -2.29. The van der Waals surface area contributed by atoms with Gasteiger partial charge in [-0.05, 0) is 55.3 Å². The van der Waals surface area contributed by atoms with Crippen molar-refractivity contribution < 1.29 is 14.2 Å². The zero-order chi connectivity index (χ0) is 23.9. The molecule has 0 unspecified atom stereocenters. The van der Waals surface area contributed by atoms with Crippen LogP contribution >= 0.6 is 23.2 Å². The van der Waals surface area contributed by atoms with E-state index in [1.807, 2.05) is 43.3 Å². The Balaban J connectivity index is 1.44. The Bertz CT molecular complexity index is 1120. The third-order valence-electron chi connectivity index (χ3n) is 5.63. The molecule has 1 aliphatic rings. The number of hydrogen-bond acceptors (Lipinski definition) is 5. The number of nitrogens with one attached hydrogen (secondary N) is 1. The van der Waals surface area contributed by atoms with Crippen LogP contribution in [0.3, 0.4) is 0 Å². The van der Waals surface area contributed by atoms with E-state index in [-0.39, 0.29) is 0 Å². The molecule has 0 spiro atoms. The van der Waals surface area contributed by atoms with Gasteiger partial charge in [0.15, 0.2) is 11.5 Å². The number of morpholine rings is 1. The molecule has 1 heterocycles. The highest BCUT2D eigenvalue weighted by atomic mass is 35.5. The molecule has 0 aliphatic carbocycles. The van der Waals surface area contributed by atoms with E-state index in [1.54, 1.807) is 0 Å². The molecule has 0 radical (unpaired) electrons. The van der Waals surface area contributed by atoms with E-state index in [0.29, 0.717) is 36.3 Å². The second kappa shape index (κ2) is 11.7. The summed E-state index contributed by atoms with van der Waals surface area (Å²) in [4.78, 5) is 2.25. The van der Waals surface area contributed by atoms with Crippen molar-refractivity contribution in [1.82, 2.24) is 0 Å². The van der Waals surface area contributed by atoms with Crippen LogP contribution in [-0.4, -0.2) is 32.9 Å². The molecular formula is C27H30Cl2N2O3. The Morgan fingerprint density at radius 1 is 0.941 bits per heavy atom. The standard InChI is InChI=1S/C27H30Cl2N2O3/c1-3-33-26-15-21(14-24(29)27(26)34-18-20-6-4-5-19(2)13-20)17-30-22-7-8-25(23(28)16-22)31-9-11-32-12-10-31/h4-8,13-16,30H,3,9-12,17-18H2,1-2H3. The first-order chi connectivity index (χ1) is 16.5. The fraction of sp³-hybridized carbons (Fsp3) is 0.333. The molecule has 5 nitrogen and oxygen atoms in total. The summed E-state index contributed by atoms with van der Waals surface area (Å²) in [6, 6.07) is 18.1. The highest BCUT2D eigenvalue weighted by Crippen LogP contribution is 2.38. The molecule has 0 amide bonds. The van der Waals surface area contributed by atoms with Crippen LogP contribution in [0.15, 0.2) is 54.6 Å².